The van der Waals surface area contributed by atoms with Crippen LogP contribution in [0.1, 0.15) is 31.4 Å². The first-order valence-electron chi connectivity index (χ1n) is 6.12. The van der Waals surface area contributed by atoms with Crippen molar-refractivity contribution in [2.45, 2.75) is 31.7 Å². The van der Waals surface area contributed by atoms with Gasteiger partial charge in [-0.1, -0.05) is 18.2 Å². The molecule has 1 fully saturated rings. The van der Waals surface area contributed by atoms with Crippen LogP contribution in [-0.2, 0) is 4.79 Å². The van der Waals surface area contributed by atoms with Crippen molar-refractivity contribution in [3.63, 3.8) is 0 Å². The van der Waals surface area contributed by atoms with Gasteiger partial charge < -0.3 is 10.3 Å². The third-order valence-corrected chi connectivity index (χ3v) is 3.33. The van der Waals surface area contributed by atoms with E-state index in [1.165, 1.54) is 0 Å². The first-order chi connectivity index (χ1) is 8.24. The Morgan fingerprint density at radius 2 is 2.18 bits per heavy atom. The predicted octanol–water partition coefficient (Wildman–Crippen LogP) is 2.55. The lowest BCUT2D eigenvalue weighted by Crippen LogP contribution is -2.29. The van der Waals surface area contributed by atoms with Crippen LogP contribution >= 0.6 is 0 Å². The highest BCUT2D eigenvalue weighted by atomic mass is 16.2. The summed E-state index contributed by atoms with van der Waals surface area (Å²) in [5, 5.41) is 4.20. The van der Waals surface area contributed by atoms with E-state index in [0.717, 1.165) is 29.4 Å². The molecule has 0 aliphatic heterocycles. The highest BCUT2D eigenvalue weighted by Crippen LogP contribution is 2.24. The zero-order valence-electron chi connectivity index (χ0n) is 9.86. The van der Waals surface area contributed by atoms with Crippen LogP contribution in [0.5, 0.6) is 0 Å². The Kier molecular flexibility index (Phi) is 2.39. The van der Waals surface area contributed by atoms with E-state index in [1.807, 2.05) is 25.1 Å². The number of aromatic nitrogens is 1. The maximum absolute atomic E-state index is 11.9. The molecule has 1 aliphatic rings. The monoisotopic (exact) mass is 228 g/mol. The molecular weight excluding hydrogens is 212 g/mol. The molecule has 3 heteroatoms. The van der Waals surface area contributed by atoms with Gasteiger partial charge in [-0.25, -0.2) is 0 Å². The van der Waals surface area contributed by atoms with E-state index in [1.54, 1.807) is 0 Å². The summed E-state index contributed by atoms with van der Waals surface area (Å²) >= 11 is 0. The molecular formula is C14H16N2O. The van der Waals surface area contributed by atoms with Gasteiger partial charge in [-0.2, -0.15) is 0 Å². The van der Waals surface area contributed by atoms with Crippen molar-refractivity contribution in [3.8, 4) is 0 Å². The molecule has 17 heavy (non-hydrogen) atoms. The molecule has 88 valence electrons. The Morgan fingerprint density at radius 1 is 1.41 bits per heavy atom. The van der Waals surface area contributed by atoms with E-state index < -0.39 is 0 Å². The van der Waals surface area contributed by atoms with Gasteiger partial charge in [0.25, 0.3) is 0 Å². The molecule has 0 radical (unpaired) electrons. The molecule has 2 N–H and O–H groups in total. The standard InChI is InChI=1S/C14H16N2O/c1-9(14(17)15-11-6-7-11)13-8-10-4-2-3-5-12(10)16-13/h2-5,8-9,11,16H,6-7H2,1H3,(H,15,17). The van der Waals surface area contributed by atoms with Gasteiger partial charge >= 0.3 is 0 Å². The van der Waals surface area contributed by atoms with Gasteiger partial charge in [-0.3, -0.25) is 4.79 Å². The quantitative estimate of drug-likeness (QED) is 0.833. The predicted molar refractivity (Wildman–Crippen MR) is 67.9 cm³/mol. The first-order valence-corrected chi connectivity index (χ1v) is 6.12. The minimum atomic E-state index is -0.108. The first kappa shape index (κ1) is 10.4. The number of hydrogen-bond acceptors (Lipinski definition) is 1. The van der Waals surface area contributed by atoms with E-state index in [2.05, 4.69) is 22.4 Å². The molecule has 0 saturated heterocycles. The third kappa shape index (κ3) is 2.05. The van der Waals surface area contributed by atoms with Gasteiger partial charge in [0.2, 0.25) is 5.91 Å². The number of benzene rings is 1. The molecule has 1 atom stereocenters. The minimum Gasteiger partial charge on any atom is -0.358 e. The lowest BCUT2D eigenvalue weighted by atomic mass is 10.1. The number of para-hydroxylation sites is 1. The number of nitrogens with one attached hydrogen (secondary N) is 2. The second-order valence-electron chi connectivity index (χ2n) is 4.82. The summed E-state index contributed by atoms with van der Waals surface area (Å²) in [5.74, 6) is 0.0158. The van der Waals surface area contributed by atoms with Crippen molar-refractivity contribution in [1.29, 1.82) is 0 Å². The number of carbonyl (C=O) groups excluding carboxylic acids is 1. The Bertz CT molecular complexity index is 521. The number of aromatic amines is 1. The molecule has 1 aromatic heterocycles. The highest BCUT2D eigenvalue weighted by Gasteiger charge is 2.26. The molecule has 0 bridgehead atoms. The van der Waals surface area contributed by atoms with E-state index >= 15 is 0 Å². The van der Waals surface area contributed by atoms with E-state index in [4.69, 9.17) is 0 Å². The summed E-state index contributed by atoms with van der Waals surface area (Å²) in [6.45, 7) is 1.95. The summed E-state index contributed by atoms with van der Waals surface area (Å²) in [6, 6.07) is 10.6. The van der Waals surface area contributed by atoms with Crippen molar-refractivity contribution in [2.75, 3.05) is 0 Å². The number of fused-ring (bicyclic) bond motifs is 1. The van der Waals surface area contributed by atoms with E-state index in [0.29, 0.717) is 6.04 Å². The largest absolute Gasteiger partial charge is 0.358 e. The van der Waals surface area contributed by atoms with Gasteiger partial charge in [0.15, 0.2) is 0 Å². The van der Waals surface area contributed by atoms with Gasteiger partial charge in [0, 0.05) is 17.3 Å². The molecule has 3 nitrogen and oxygen atoms in total. The summed E-state index contributed by atoms with van der Waals surface area (Å²) in [4.78, 5) is 15.2. The second kappa shape index (κ2) is 3.91. The van der Waals surface area contributed by atoms with Crippen LogP contribution in [0.25, 0.3) is 10.9 Å². The van der Waals surface area contributed by atoms with Crippen LogP contribution in [0.4, 0.5) is 0 Å². The van der Waals surface area contributed by atoms with Crippen molar-refractivity contribution < 1.29 is 4.79 Å². The minimum absolute atomic E-state index is 0.108. The fourth-order valence-corrected chi connectivity index (χ4v) is 2.02. The topological polar surface area (TPSA) is 44.9 Å². The molecule has 1 unspecified atom stereocenters. The molecule has 3 rings (SSSR count). The maximum Gasteiger partial charge on any atom is 0.228 e. The molecule has 1 saturated carbocycles. The summed E-state index contributed by atoms with van der Waals surface area (Å²) in [5.41, 5.74) is 2.08. The number of H-pyrrole nitrogens is 1. The fraction of sp³-hybridized carbons (Fsp3) is 0.357. The van der Waals surface area contributed by atoms with Crippen LogP contribution in [0.2, 0.25) is 0 Å². The van der Waals surface area contributed by atoms with Crippen LogP contribution in [0.15, 0.2) is 30.3 Å². The number of hydrogen-bond donors (Lipinski definition) is 2. The molecule has 1 aliphatic carbocycles. The van der Waals surface area contributed by atoms with Crippen molar-refractivity contribution in [3.05, 3.63) is 36.0 Å². The molecule has 1 aromatic carbocycles. The van der Waals surface area contributed by atoms with Crippen molar-refractivity contribution in [2.24, 2.45) is 0 Å². The van der Waals surface area contributed by atoms with E-state index in [9.17, 15) is 4.79 Å². The Morgan fingerprint density at radius 3 is 2.88 bits per heavy atom. The summed E-state index contributed by atoms with van der Waals surface area (Å²) in [7, 11) is 0. The number of carbonyl (C=O) groups is 1. The van der Waals surface area contributed by atoms with Crippen LogP contribution in [0, 0.1) is 0 Å². The summed E-state index contributed by atoms with van der Waals surface area (Å²) < 4.78 is 0. The second-order valence-corrected chi connectivity index (χ2v) is 4.82. The zero-order chi connectivity index (χ0) is 11.8. The normalized spacial score (nSPS) is 17.0. The molecule has 1 amide bonds. The van der Waals surface area contributed by atoms with Crippen LogP contribution in [-0.4, -0.2) is 16.9 Å². The average molecular weight is 228 g/mol. The van der Waals surface area contributed by atoms with Crippen molar-refractivity contribution in [1.82, 2.24) is 10.3 Å². The average Bonchev–Trinajstić information content (AvgIpc) is 3.04. The van der Waals surface area contributed by atoms with Crippen LogP contribution in [0.3, 0.4) is 0 Å². The van der Waals surface area contributed by atoms with Gasteiger partial charge in [0.05, 0.1) is 5.92 Å². The number of rotatable bonds is 3. The van der Waals surface area contributed by atoms with Gasteiger partial charge in [-0.15, -0.1) is 0 Å². The summed E-state index contributed by atoms with van der Waals surface area (Å²) in [6.07, 6.45) is 2.26. The SMILES string of the molecule is CC(C(=O)NC1CC1)c1cc2ccccc2[nH]1. The lowest BCUT2D eigenvalue weighted by molar-refractivity contribution is -0.122. The van der Waals surface area contributed by atoms with Crippen LogP contribution < -0.4 is 5.32 Å². The Hall–Kier alpha value is -1.77. The Balaban J connectivity index is 1.83. The maximum atomic E-state index is 11.9. The fourth-order valence-electron chi connectivity index (χ4n) is 2.02. The van der Waals surface area contributed by atoms with Crippen molar-refractivity contribution >= 4 is 16.8 Å². The smallest absolute Gasteiger partial charge is 0.228 e. The highest BCUT2D eigenvalue weighted by molar-refractivity contribution is 5.87. The lowest BCUT2D eigenvalue weighted by Gasteiger charge is -2.09. The molecule has 1 heterocycles. The number of amides is 1. The molecule has 2 aromatic rings. The molecule has 0 spiro atoms. The van der Waals surface area contributed by atoms with Gasteiger partial charge in [-0.05, 0) is 37.3 Å². The van der Waals surface area contributed by atoms with E-state index in [-0.39, 0.29) is 11.8 Å². The zero-order valence-corrected chi connectivity index (χ0v) is 9.86. The Labute approximate surface area is 100 Å². The van der Waals surface area contributed by atoms with Gasteiger partial charge in [0.1, 0.15) is 0 Å². The third-order valence-electron chi connectivity index (χ3n) is 3.33.